The van der Waals surface area contributed by atoms with E-state index in [9.17, 15) is 4.79 Å². The Labute approximate surface area is 146 Å². The van der Waals surface area contributed by atoms with E-state index in [1.54, 1.807) is 0 Å². The summed E-state index contributed by atoms with van der Waals surface area (Å²) in [5.41, 5.74) is 3.18. The molecular formula is C18H22N4O3. The summed E-state index contributed by atoms with van der Waals surface area (Å²) in [6.07, 6.45) is 3.22. The fourth-order valence-electron chi connectivity index (χ4n) is 3.20. The van der Waals surface area contributed by atoms with E-state index in [2.05, 4.69) is 20.8 Å². The fourth-order valence-corrected chi connectivity index (χ4v) is 3.20. The van der Waals surface area contributed by atoms with E-state index in [4.69, 9.17) is 9.47 Å². The molecule has 132 valence electrons. The van der Waals surface area contributed by atoms with Crippen LogP contribution in [0.4, 0.5) is 5.69 Å². The molecular weight excluding hydrogens is 320 g/mol. The summed E-state index contributed by atoms with van der Waals surface area (Å²) in [4.78, 5) is 12.5. The molecule has 1 fully saturated rings. The number of amides is 1. The Hall–Kier alpha value is -2.38. The van der Waals surface area contributed by atoms with E-state index in [-0.39, 0.29) is 12.0 Å². The number of aromatic nitrogens is 2. The van der Waals surface area contributed by atoms with Crippen LogP contribution in [-0.2, 0) is 17.7 Å². The van der Waals surface area contributed by atoms with E-state index in [0.29, 0.717) is 18.8 Å². The van der Waals surface area contributed by atoms with Crippen molar-refractivity contribution in [3.05, 3.63) is 41.2 Å². The number of carbonyl (C=O) groups is 1. The Morgan fingerprint density at radius 3 is 3.04 bits per heavy atom. The van der Waals surface area contributed by atoms with Crippen LogP contribution in [-0.4, -0.2) is 42.0 Å². The predicted molar refractivity (Wildman–Crippen MR) is 92.9 cm³/mol. The van der Waals surface area contributed by atoms with Gasteiger partial charge in [0.15, 0.2) is 5.69 Å². The van der Waals surface area contributed by atoms with Crippen LogP contribution in [0.3, 0.4) is 0 Å². The number of hydrogen-bond acceptors (Lipinski definition) is 5. The van der Waals surface area contributed by atoms with Crippen LogP contribution < -0.4 is 15.4 Å². The number of carbonyl (C=O) groups excluding carboxylic acids is 1. The van der Waals surface area contributed by atoms with Crippen molar-refractivity contribution >= 4 is 11.6 Å². The minimum atomic E-state index is -0.200. The van der Waals surface area contributed by atoms with Gasteiger partial charge < -0.3 is 20.1 Å². The molecule has 1 aromatic heterocycles. The van der Waals surface area contributed by atoms with E-state index in [1.165, 1.54) is 0 Å². The van der Waals surface area contributed by atoms with Gasteiger partial charge >= 0.3 is 0 Å². The van der Waals surface area contributed by atoms with E-state index < -0.39 is 0 Å². The van der Waals surface area contributed by atoms with Crippen LogP contribution in [0.5, 0.6) is 5.75 Å². The molecule has 4 rings (SSSR count). The zero-order chi connectivity index (χ0) is 17.1. The minimum Gasteiger partial charge on any atom is -0.491 e. The van der Waals surface area contributed by atoms with Crippen molar-refractivity contribution < 1.29 is 14.3 Å². The van der Waals surface area contributed by atoms with Gasteiger partial charge in [0, 0.05) is 43.1 Å². The Balaban J connectivity index is 1.36. The highest BCUT2D eigenvalue weighted by molar-refractivity contribution is 6.04. The molecule has 0 spiro atoms. The molecule has 1 atom stereocenters. The highest BCUT2D eigenvalue weighted by Crippen LogP contribution is 2.20. The van der Waals surface area contributed by atoms with Crippen molar-refractivity contribution in [1.82, 2.24) is 15.5 Å². The smallest absolute Gasteiger partial charge is 0.276 e. The number of ether oxygens (including phenoxy) is 2. The molecule has 7 heteroatoms. The van der Waals surface area contributed by atoms with Gasteiger partial charge in [0.05, 0.1) is 6.10 Å². The second kappa shape index (κ2) is 7.25. The lowest BCUT2D eigenvalue weighted by Gasteiger charge is -2.13. The molecule has 7 nitrogen and oxygen atoms in total. The van der Waals surface area contributed by atoms with Gasteiger partial charge in [-0.3, -0.25) is 9.89 Å². The Bertz CT molecular complexity index is 735. The molecule has 3 N–H and O–H groups in total. The van der Waals surface area contributed by atoms with E-state index in [0.717, 1.165) is 55.1 Å². The van der Waals surface area contributed by atoms with Gasteiger partial charge in [0.1, 0.15) is 12.4 Å². The lowest BCUT2D eigenvalue weighted by atomic mass is 10.1. The minimum absolute atomic E-state index is 0.193. The number of fused-ring (bicyclic) bond motifs is 1. The Morgan fingerprint density at radius 1 is 1.36 bits per heavy atom. The molecule has 1 saturated heterocycles. The number of nitrogens with one attached hydrogen (secondary N) is 3. The molecule has 0 radical (unpaired) electrons. The molecule has 1 aromatic carbocycles. The van der Waals surface area contributed by atoms with Gasteiger partial charge in [-0.25, -0.2) is 0 Å². The summed E-state index contributed by atoms with van der Waals surface area (Å²) in [6, 6.07) is 7.37. The Morgan fingerprint density at radius 2 is 2.24 bits per heavy atom. The number of nitrogens with zero attached hydrogens (tertiary/aromatic N) is 1. The molecule has 2 aliphatic rings. The zero-order valence-corrected chi connectivity index (χ0v) is 14.0. The molecule has 2 aliphatic heterocycles. The van der Waals surface area contributed by atoms with Gasteiger partial charge in [0.2, 0.25) is 0 Å². The highest BCUT2D eigenvalue weighted by atomic mass is 16.5. The second-order valence-electron chi connectivity index (χ2n) is 6.38. The van der Waals surface area contributed by atoms with Gasteiger partial charge in [-0.2, -0.15) is 5.10 Å². The largest absolute Gasteiger partial charge is 0.491 e. The summed E-state index contributed by atoms with van der Waals surface area (Å²) in [5.74, 6) is 0.573. The van der Waals surface area contributed by atoms with Gasteiger partial charge in [-0.15, -0.1) is 0 Å². The maximum absolute atomic E-state index is 12.5. The average Bonchev–Trinajstić information content (AvgIpc) is 3.31. The number of anilines is 1. The standard InChI is InChI=1S/C18H22N4O3/c23-18(17-15-10-19-8-7-16(15)21-22-17)20-12-3-5-13(6-4-12)25-11-14-2-1-9-24-14/h3-6,14,19H,1-2,7-11H2,(H,20,23)(H,21,22). The molecule has 0 bridgehead atoms. The van der Waals surface area contributed by atoms with Crippen molar-refractivity contribution in [1.29, 1.82) is 0 Å². The van der Waals surface area contributed by atoms with Crippen LogP contribution in [0.1, 0.15) is 34.6 Å². The SMILES string of the molecule is O=C(Nc1ccc(OCC2CCCO2)cc1)c1n[nH]c2c1CNCC2. The van der Waals surface area contributed by atoms with Crippen molar-refractivity contribution in [2.45, 2.75) is 31.9 Å². The summed E-state index contributed by atoms with van der Waals surface area (Å²) < 4.78 is 11.3. The van der Waals surface area contributed by atoms with Crippen molar-refractivity contribution in [3.63, 3.8) is 0 Å². The molecule has 0 saturated carbocycles. The molecule has 3 heterocycles. The van der Waals surface area contributed by atoms with Crippen LogP contribution in [0.2, 0.25) is 0 Å². The van der Waals surface area contributed by atoms with Gasteiger partial charge in [-0.05, 0) is 37.1 Å². The number of H-pyrrole nitrogens is 1. The van der Waals surface area contributed by atoms with E-state index >= 15 is 0 Å². The van der Waals surface area contributed by atoms with Crippen LogP contribution in [0.25, 0.3) is 0 Å². The Kier molecular flexibility index (Phi) is 4.67. The molecule has 2 aromatic rings. The lowest BCUT2D eigenvalue weighted by molar-refractivity contribution is 0.0679. The molecule has 1 amide bonds. The lowest BCUT2D eigenvalue weighted by Crippen LogP contribution is -2.25. The van der Waals surface area contributed by atoms with Crippen LogP contribution in [0.15, 0.2) is 24.3 Å². The fraction of sp³-hybridized carbons (Fsp3) is 0.444. The maximum Gasteiger partial charge on any atom is 0.276 e. The first kappa shape index (κ1) is 16.1. The highest BCUT2D eigenvalue weighted by Gasteiger charge is 2.21. The molecule has 25 heavy (non-hydrogen) atoms. The number of aromatic amines is 1. The van der Waals surface area contributed by atoms with Crippen LogP contribution in [0, 0.1) is 0 Å². The molecule has 1 unspecified atom stereocenters. The third-order valence-corrected chi connectivity index (χ3v) is 4.59. The molecule has 0 aliphatic carbocycles. The van der Waals surface area contributed by atoms with Gasteiger partial charge in [0.25, 0.3) is 5.91 Å². The monoisotopic (exact) mass is 342 g/mol. The first-order valence-corrected chi connectivity index (χ1v) is 8.72. The summed E-state index contributed by atoms with van der Waals surface area (Å²) in [5, 5.41) is 13.3. The number of hydrogen-bond donors (Lipinski definition) is 3. The first-order chi connectivity index (χ1) is 12.3. The third-order valence-electron chi connectivity index (χ3n) is 4.59. The van der Waals surface area contributed by atoms with Crippen LogP contribution >= 0.6 is 0 Å². The second-order valence-corrected chi connectivity index (χ2v) is 6.38. The van der Waals surface area contributed by atoms with Crippen molar-refractivity contribution in [2.24, 2.45) is 0 Å². The van der Waals surface area contributed by atoms with Crippen molar-refractivity contribution in [2.75, 3.05) is 25.1 Å². The van der Waals surface area contributed by atoms with E-state index in [1.807, 2.05) is 24.3 Å². The summed E-state index contributed by atoms with van der Waals surface area (Å²) >= 11 is 0. The quantitative estimate of drug-likeness (QED) is 0.772. The third kappa shape index (κ3) is 3.67. The van der Waals surface area contributed by atoms with Gasteiger partial charge in [-0.1, -0.05) is 0 Å². The number of benzene rings is 1. The zero-order valence-electron chi connectivity index (χ0n) is 14.0. The normalized spacial score (nSPS) is 19.4. The first-order valence-electron chi connectivity index (χ1n) is 8.72. The maximum atomic E-state index is 12.5. The van der Waals surface area contributed by atoms with Crippen molar-refractivity contribution in [3.8, 4) is 5.75 Å². The number of rotatable bonds is 5. The topological polar surface area (TPSA) is 88.3 Å². The average molecular weight is 342 g/mol. The summed E-state index contributed by atoms with van der Waals surface area (Å²) in [6.45, 7) is 2.97. The predicted octanol–water partition coefficient (Wildman–Crippen LogP) is 1.87. The summed E-state index contributed by atoms with van der Waals surface area (Å²) in [7, 11) is 0.